The molecule has 20 heavy (non-hydrogen) atoms. The van der Waals surface area contributed by atoms with Crippen LogP contribution in [0.15, 0.2) is 28.7 Å². The maximum atomic E-state index is 5.44. The van der Waals surface area contributed by atoms with Gasteiger partial charge >= 0.3 is 0 Å². The summed E-state index contributed by atoms with van der Waals surface area (Å²) in [4.78, 5) is 8.81. The minimum Gasteiger partial charge on any atom is -0.496 e. The summed E-state index contributed by atoms with van der Waals surface area (Å²) in [5.74, 6) is 7.16. The molecule has 0 bridgehead atoms. The first-order valence-corrected chi connectivity index (χ1v) is 6.64. The van der Waals surface area contributed by atoms with Gasteiger partial charge in [-0.2, -0.15) is 0 Å². The second-order valence-corrected chi connectivity index (χ2v) is 4.91. The van der Waals surface area contributed by atoms with Crippen LogP contribution in [0.25, 0.3) is 11.4 Å². The van der Waals surface area contributed by atoms with Gasteiger partial charge in [0.15, 0.2) is 5.82 Å². The SMILES string of the molecule is COCc1cc(NN)nc(-c2cc(Br)ccc2OC)n1. The summed E-state index contributed by atoms with van der Waals surface area (Å²) in [5, 5.41) is 0. The van der Waals surface area contributed by atoms with E-state index >= 15 is 0 Å². The average Bonchev–Trinajstić information content (AvgIpc) is 2.47. The van der Waals surface area contributed by atoms with E-state index in [9.17, 15) is 0 Å². The van der Waals surface area contributed by atoms with Crippen molar-refractivity contribution in [3.63, 3.8) is 0 Å². The van der Waals surface area contributed by atoms with Crippen LogP contribution >= 0.6 is 15.9 Å². The first kappa shape index (κ1) is 14.7. The summed E-state index contributed by atoms with van der Waals surface area (Å²) in [6, 6.07) is 7.37. The molecule has 0 amide bonds. The number of nitrogens with two attached hydrogens (primary N) is 1. The Kier molecular flexibility index (Phi) is 4.89. The van der Waals surface area contributed by atoms with Crippen molar-refractivity contribution in [2.75, 3.05) is 19.6 Å². The first-order chi connectivity index (χ1) is 9.67. The van der Waals surface area contributed by atoms with Crippen LogP contribution in [0.5, 0.6) is 5.75 Å². The molecular formula is C13H15BrN4O2. The van der Waals surface area contributed by atoms with Crippen molar-refractivity contribution >= 4 is 21.7 Å². The lowest BCUT2D eigenvalue weighted by Crippen LogP contribution is -2.11. The number of aromatic nitrogens is 2. The zero-order chi connectivity index (χ0) is 14.5. The molecule has 7 heteroatoms. The molecule has 0 aliphatic heterocycles. The molecule has 2 aromatic rings. The van der Waals surface area contributed by atoms with E-state index in [0.717, 1.165) is 15.7 Å². The Labute approximate surface area is 125 Å². The van der Waals surface area contributed by atoms with E-state index in [4.69, 9.17) is 15.3 Å². The average molecular weight is 339 g/mol. The minimum absolute atomic E-state index is 0.376. The molecule has 0 atom stereocenters. The highest BCUT2D eigenvalue weighted by Gasteiger charge is 2.12. The monoisotopic (exact) mass is 338 g/mol. The third kappa shape index (κ3) is 3.24. The maximum absolute atomic E-state index is 5.44. The summed E-state index contributed by atoms with van der Waals surface area (Å²) < 4.78 is 11.4. The number of hydrogen-bond donors (Lipinski definition) is 2. The zero-order valence-corrected chi connectivity index (χ0v) is 12.8. The number of nitrogens with one attached hydrogen (secondary N) is 1. The van der Waals surface area contributed by atoms with Gasteiger partial charge in [0.1, 0.15) is 11.6 Å². The van der Waals surface area contributed by atoms with Crippen molar-refractivity contribution in [1.29, 1.82) is 0 Å². The van der Waals surface area contributed by atoms with Gasteiger partial charge in [-0.15, -0.1) is 0 Å². The van der Waals surface area contributed by atoms with Crippen LogP contribution in [0.2, 0.25) is 0 Å². The van der Waals surface area contributed by atoms with E-state index in [1.165, 1.54) is 0 Å². The molecule has 6 nitrogen and oxygen atoms in total. The van der Waals surface area contributed by atoms with E-state index in [-0.39, 0.29) is 0 Å². The van der Waals surface area contributed by atoms with Crippen LogP contribution in [0.3, 0.4) is 0 Å². The number of anilines is 1. The van der Waals surface area contributed by atoms with E-state index in [1.807, 2.05) is 18.2 Å². The van der Waals surface area contributed by atoms with Crippen LogP contribution in [0.1, 0.15) is 5.69 Å². The van der Waals surface area contributed by atoms with Crippen molar-refractivity contribution in [3.8, 4) is 17.1 Å². The van der Waals surface area contributed by atoms with Crippen molar-refractivity contribution in [2.24, 2.45) is 5.84 Å². The topological polar surface area (TPSA) is 82.3 Å². The van der Waals surface area contributed by atoms with Crippen LogP contribution in [-0.2, 0) is 11.3 Å². The normalized spacial score (nSPS) is 10.4. The molecule has 0 saturated heterocycles. The quantitative estimate of drug-likeness (QED) is 0.643. The van der Waals surface area contributed by atoms with Gasteiger partial charge in [-0.1, -0.05) is 15.9 Å². The third-order valence-corrected chi connectivity index (χ3v) is 3.11. The Morgan fingerprint density at radius 2 is 2.05 bits per heavy atom. The van der Waals surface area contributed by atoms with Crippen molar-refractivity contribution in [1.82, 2.24) is 9.97 Å². The van der Waals surface area contributed by atoms with Crippen LogP contribution in [0, 0.1) is 0 Å². The molecule has 0 radical (unpaired) electrons. The van der Waals surface area contributed by atoms with Gasteiger partial charge in [0.2, 0.25) is 0 Å². The van der Waals surface area contributed by atoms with Gasteiger partial charge in [-0.05, 0) is 18.2 Å². The highest BCUT2D eigenvalue weighted by molar-refractivity contribution is 9.10. The molecule has 106 valence electrons. The number of halogens is 1. The number of nitrogens with zero attached hydrogens (tertiary/aromatic N) is 2. The fraction of sp³-hybridized carbons (Fsp3) is 0.231. The van der Waals surface area contributed by atoms with Gasteiger partial charge in [-0.25, -0.2) is 15.8 Å². The van der Waals surface area contributed by atoms with Crippen LogP contribution in [-0.4, -0.2) is 24.2 Å². The number of ether oxygens (including phenoxy) is 2. The number of hydrogen-bond acceptors (Lipinski definition) is 6. The van der Waals surface area contributed by atoms with Gasteiger partial charge in [0.25, 0.3) is 0 Å². The van der Waals surface area contributed by atoms with Crippen LogP contribution < -0.4 is 16.0 Å². The molecule has 0 aliphatic carbocycles. The summed E-state index contributed by atoms with van der Waals surface area (Å²) in [7, 11) is 3.21. The standard InChI is InChI=1S/C13H15BrN4O2/c1-19-7-9-6-12(18-15)17-13(16-9)10-5-8(14)3-4-11(10)20-2/h3-6H,7,15H2,1-2H3,(H,16,17,18). The van der Waals surface area contributed by atoms with E-state index in [2.05, 4.69) is 31.3 Å². The predicted molar refractivity (Wildman–Crippen MR) is 80.2 cm³/mol. The molecule has 2 rings (SSSR count). The Hall–Kier alpha value is -1.70. The first-order valence-electron chi connectivity index (χ1n) is 5.85. The Morgan fingerprint density at radius 3 is 2.70 bits per heavy atom. The lowest BCUT2D eigenvalue weighted by Gasteiger charge is -2.11. The van der Waals surface area contributed by atoms with Gasteiger partial charge in [-0.3, -0.25) is 0 Å². The molecule has 1 heterocycles. The molecule has 0 unspecified atom stereocenters. The molecule has 0 aliphatic rings. The van der Waals surface area contributed by atoms with Crippen molar-refractivity contribution < 1.29 is 9.47 Å². The predicted octanol–water partition coefficient (Wildman–Crippen LogP) is 2.35. The van der Waals surface area contributed by atoms with Gasteiger partial charge in [0.05, 0.1) is 25.0 Å². The summed E-state index contributed by atoms with van der Waals surface area (Å²) in [6.07, 6.45) is 0. The fourth-order valence-electron chi connectivity index (χ4n) is 1.77. The second kappa shape index (κ2) is 6.65. The largest absolute Gasteiger partial charge is 0.496 e. The van der Waals surface area contributed by atoms with Gasteiger partial charge in [0, 0.05) is 17.6 Å². The van der Waals surface area contributed by atoms with Crippen molar-refractivity contribution in [2.45, 2.75) is 6.61 Å². The summed E-state index contributed by atoms with van der Waals surface area (Å²) in [6.45, 7) is 0.376. The highest BCUT2D eigenvalue weighted by atomic mass is 79.9. The smallest absolute Gasteiger partial charge is 0.165 e. The number of hydrazine groups is 1. The Balaban J connectivity index is 2.56. The Morgan fingerprint density at radius 1 is 1.25 bits per heavy atom. The lowest BCUT2D eigenvalue weighted by atomic mass is 10.2. The number of nitrogen functional groups attached to an aromatic ring is 1. The van der Waals surface area contributed by atoms with E-state index < -0.39 is 0 Å². The lowest BCUT2D eigenvalue weighted by molar-refractivity contribution is 0.181. The minimum atomic E-state index is 0.376. The fourth-order valence-corrected chi connectivity index (χ4v) is 2.13. The van der Waals surface area contributed by atoms with Crippen molar-refractivity contribution in [3.05, 3.63) is 34.4 Å². The Bertz CT molecular complexity index is 607. The highest BCUT2D eigenvalue weighted by Crippen LogP contribution is 2.31. The third-order valence-electron chi connectivity index (χ3n) is 2.62. The zero-order valence-electron chi connectivity index (χ0n) is 11.2. The molecule has 1 aromatic carbocycles. The molecule has 3 N–H and O–H groups in total. The number of rotatable bonds is 5. The maximum Gasteiger partial charge on any atom is 0.165 e. The molecule has 0 saturated carbocycles. The molecular weight excluding hydrogens is 324 g/mol. The summed E-state index contributed by atoms with van der Waals surface area (Å²) in [5.41, 5.74) is 4.03. The molecule has 1 aromatic heterocycles. The van der Waals surface area contributed by atoms with Gasteiger partial charge < -0.3 is 14.9 Å². The molecule has 0 spiro atoms. The van der Waals surface area contributed by atoms with E-state index in [0.29, 0.717) is 24.0 Å². The number of methoxy groups -OCH3 is 2. The number of benzene rings is 1. The second-order valence-electron chi connectivity index (χ2n) is 3.99. The summed E-state index contributed by atoms with van der Waals surface area (Å²) >= 11 is 3.43. The van der Waals surface area contributed by atoms with E-state index in [1.54, 1.807) is 20.3 Å². The van der Waals surface area contributed by atoms with Crippen LogP contribution in [0.4, 0.5) is 5.82 Å². The molecule has 0 fully saturated rings.